The lowest BCUT2D eigenvalue weighted by molar-refractivity contribution is 0.0276. The molecule has 1 rings (SSSR count). The number of hydrogen-bond acceptors (Lipinski definition) is 5. The molecule has 0 aliphatic rings. The van der Waals surface area contributed by atoms with Crippen molar-refractivity contribution in [1.82, 2.24) is 10.0 Å². The summed E-state index contributed by atoms with van der Waals surface area (Å²) in [5, 5.41) is 3.00. The molecule has 0 amide bonds. The minimum absolute atomic E-state index is 0.218. The first kappa shape index (κ1) is 17.1. The minimum atomic E-state index is -3.53. The van der Waals surface area contributed by atoms with Crippen LogP contribution < -0.4 is 10.0 Å². The number of hydrogen-bond donors (Lipinski definition) is 2. The van der Waals surface area contributed by atoms with Crippen molar-refractivity contribution >= 4 is 37.3 Å². The van der Waals surface area contributed by atoms with Crippen LogP contribution in [0.5, 0.6) is 0 Å². The van der Waals surface area contributed by atoms with Crippen LogP contribution in [0.25, 0.3) is 0 Å². The quantitative estimate of drug-likeness (QED) is 0.769. The number of sulfonamides is 1. The Bertz CT molecular complexity index is 526. The Balaban J connectivity index is 2.88. The van der Waals surface area contributed by atoms with Crippen molar-refractivity contribution in [3.05, 3.63) is 14.7 Å². The highest BCUT2D eigenvalue weighted by molar-refractivity contribution is 9.11. The van der Waals surface area contributed by atoms with Crippen LogP contribution in [0.2, 0.25) is 0 Å². The molecule has 5 nitrogen and oxygen atoms in total. The maximum Gasteiger partial charge on any atom is 0.242 e. The molecular weight excluding hydrogens is 352 g/mol. The average molecular weight is 371 g/mol. The second kappa shape index (κ2) is 6.64. The second-order valence-corrected chi connectivity index (χ2v) is 8.86. The molecule has 0 bridgehead atoms. The van der Waals surface area contributed by atoms with E-state index in [9.17, 15) is 8.42 Å². The third-order valence-corrected chi connectivity index (χ3v) is 6.24. The number of halogens is 1. The second-order valence-electron chi connectivity index (χ2n) is 4.67. The maximum absolute atomic E-state index is 12.2. The van der Waals surface area contributed by atoms with Gasteiger partial charge in [-0.3, -0.25) is 0 Å². The SMILES string of the molecule is CNCc1cc(S(=O)(=O)NCC(C)(C)OC)c(Br)s1. The van der Waals surface area contributed by atoms with Crippen LogP contribution in [0.4, 0.5) is 0 Å². The Hall–Kier alpha value is 0.01000. The van der Waals surface area contributed by atoms with Gasteiger partial charge in [0.2, 0.25) is 10.0 Å². The molecule has 0 aromatic carbocycles. The zero-order valence-electron chi connectivity index (χ0n) is 11.4. The standard InChI is InChI=1S/C11H19BrN2O3S2/c1-11(2,17-4)7-14-19(15,16)9-5-8(6-13-3)18-10(9)12/h5,13-14H,6-7H2,1-4H3. The minimum Gasteiger partial charge on any atom is -0.377 e. The summed E-state index contributed by atoms with van der Waals surface area (Å²) in [6, 6.07) is 1.67. The Labute approximate surface area is 126 Å². The molecule has 0 saturated heterocycles. The highest BCUT2D eigenvalue weighted by Gasteiger charge is 2.24. The third kappa shape index (κ3) is 4.80. The molecule has 1 heterocycles. The van der Waals surface area contributed by atoms with E-state index in [1.165, 1.54) is 11.3 Å². The van der Waals surface area contributed by atoms with E-state index in [1.807, 2.05) is 20.9 Å². The van der Waals surface area contributed by atoms with Gasteiger partial charge in [0, 0.05) is 25.1 Å². The van der Waals surface area contributed by atoms with E-state index in [4.69, 9.17) is 4.74 Å². The van der Waals surface area contributed by atoms with Crippen molar-refractivity contribution in [2.45, 2.75) is 30.9 Å². The summed E-state index contributed by atoms with van der Waals surface area (Å²) in [6.07, 6.45) is 0. The van der Waals surface area contributed by atoms with Gasteiger partial charge in [-0.2, -0.15) is 0 Å². The lowest BCUT2D eigenvalue weighted by Crippen LogP contribution is -2.39. The van der Waals surface area contributed by atoms with E-state index >= 15 is 0 Å². The lowest BCUT2D eigenvalue weighted by atomic mass is 10.1. The number of ether oxygens (including phenoxy) is 1. The first-order valence-electron chi connectivity index (χ1n) is 5.69. The molecule has 0 spiro atoms. The first-order chi connectivity index (χ1) is 8.72. The number of rotatable bonds is 7. The third-order valence-electron chi connectivity index (χ3n) is 2.59. The van der Waals surface area contributed by atoms with E-state index in [0.29, 0.717) is 10.3 Å². The molecule has 0 radical (unpaired) electrons. The molecule has 110 valence electrons. The molecule has 1 aromatic heterocycles. The van der Waals surface area contributed by atoms with Crippen molar-refractivity contribution in [2.24, 2.45) is 0 Å². The van der Waals surface area contributed by atoms with Crippen molar-refractivity contribution in [2.75, 3.05) is 20.7 Å². The smallest absolute Gasteiger partial charge is 0.242 e. The predicted molar refractivity (Wildman–Crippen MR) is 81.1 cm³/mol. The highest BCUT2D eigenvalue weighted by Crippen LogP contribution is 2.31. The Morgan fingerprint density at radius 1 is 1.47 bits per heavy atom. The van der Waals surface area contributed by atoms with E-state index in [0.717, 1.165) is 4.88 Å². The van der Waals surface area contributed by atoms with E-state index in [-0.39, 0.29) is 11.4 Å². The van der Waals surface area contributed by atoms with Crippen LogP contribution >= 0.6 is 27.3 Å². The number of nitrogens with one attached hydrogen (secondary N) is 2. The topological polar surface area (TPSA) is 67.4 Å². The Kier molecular flexibility index (Phi) is 5.96. The van der Waals surface area contributed by atoms with Crippen LogP contribution in [-0.4, -0.2) is 34.7 Å². The molecule has 0 atom stereocenters. The van der Waals surface area contributed by atoms with Gasteiger partial charge in [0.25, 0.3) is 0 Å². The maximum atomic E-state index is 12.2. The van der Waals surface area contributed by atoms with E-state index in [2.05, 4.69) is 26.0 Å². The van der Waals surface area contributed by atoms with Crippen LogP contribution in [0.3, 0.4) is 0 Å². The number of thiophene rings is 1. The van der Waals surface area contributed by atoms with Gasteiger partial charge in [-0.05, 0) is 42.9 Å². The van der Waals surface area contributed by atoms with Gasteiger partial charge in [-0.15, -0.1) is 11.3 Å². The molecular formula is C11H19BrN2O3S2. The largest absolute Gasteiger partial charge is 0.377 e. The summed E-state index contributed by atoms with van der Waals surface area (Å²) in [4.78, 5) is 1.23. The van der Waals surface area contributed by atoms with Gasteiger partial charge in [-0.25, -0.2) is 13.1 Å². The first-order valence-corrected chi connectivity index (χ1v) is 8.79. The molecule has 0 aliphatic carbocycles. The predicted octanol–water partition coefficient (Wildman–Crippen LogP) is 1.93. The monoisotopic (exact) mass is 370 g/mol. The number of methoxy groups -OCH3 is 1. The molecule has 0 fully saturated rings. The fourth-order valence-corrected chi connectivity index (χ4v) is 5.15. The molecule has 0 saturated carbocycles. The van der Waals surface area contributed by atoms with E-state index in [1.54, 1.807) is 13.2 Å². The summed E-state index contributed by atoms with van der Waals surface area (Å²) in [5.74, 6) is 0. The lowest BCUT2D eigenvalue weighted by Gasteiger charge is -2.22. The van der Waals surface area contributed by atoms with Crippen molar-refractivity contribution in [3.8, 4) is 0 Å². The van der Waals surface area contributed by atoms with Crippen LogP contribution in [0.1, 0.15) is 18.7 Å². The van der Waals surface area contributed by atoms with Crippen molar-refractivity contribution in [3.63, 3.8) is 0 Å². The van der Waals surface area contributed by atoms with Gasteiger partial charge in [0.1, 0.15) is 4.90 Å². The van der Waals surface area contributed by atoms with Crippen LogP contribution in [0.15, 0.2) is 14.7 Å². The molecule has 0 unspecified atom stereocenters. The van der Waals surface area contributed by atoms with Gasteiger partial charge in [-0.1, -0.05) is 0 Å². The molecule has 19 heavy (non-hydrogen) atoms. The fraction of sp³-hybridized carbons (Fsp3) is 0.636. The summed E-state index contributed by atoms with van der Waals surface area (Å²) in [5.41, 5.74) is -0.538. The van der Waals surface area contributed by atoms with Gasteiger partial charge in [0.15, 0.2) is 0 Å². The Morgan fingerprint density at radius 2 is 2.11 bits per heavy atom. The van der Waals surface area contributed by atoms with Crippen molar-refractivity contribution in [1.29, 1.82) is 0 Å². The van der Waals surface area contributed by atoms with Gasteiger partial charge in [0.05, 0.1) is 9.39 Å². The molecule has 8 heteroatoms. The highest BCUT2D eigenvalue weighted by atomic mass is 79.9. The molecule has 0 aliphatic heterocycles. The summed E-state index contributed by atoms with van der Waals surface area (Å²) in [6.45, 7) is 4.51. The summed E-state index contributed by atoms with van der Waals surface area (Å²) >= 11 is 4.71. The molecule has 2 N–H and O–H groups in total. The molecule has 1 aromatic rings. The zero-order valence-corrected chi connectivity index (χ0v) is 14.6. The van der Waals surface area contributed by atoms with Crippen molar-refractivity contribution < 1.29 is 13.2 Å². The average Bonchev–Trinajstić information content (AvgIpc) is 2.70. The summed E-state index contributed by atoms with van der Waals surface area (Å²) < 4.78 is 32.8. The van der Waals surface area contributed by atoms with Gasteiger partial charge < -0.3 is 10.1 Å². The van der Waals surface area contributed by atoms with E-state index < -0.39 is 15.6 Å². The van der Waals surface area contributed by atoms with Crippen LogP contribution in [-0.2, 0) is 21.3 Å². The van der Waals surface area contributed by atoms with Crippen LogP contribution in [0, 0.1) is 0 Å². The van der Waals surface area contributed by atoms with Gasteiger partial charge >= 0.3 is 0 Å². The zero-order chi connectivity index (χ0) is 14.7. The summed E-state index contributed by atoms with van der Waals surface area (Å²) in [7, 11) is -0.150. The fourth-order valence-electron chi connectivity index (χ4n) is 1.26. The Morgan fingerprint density at radius 3 is 2.63 bits per heavy atom. The normalized spacial score (nSPS) is 12.9.